The van der Waals surface area contributed by atoms with Crippen molar-refractivity contribution in [2.24, 2.45) is 0 Å². The van der Waals surface area contributed by atoms with Crippen LogP contribution in [0.25, 0.3) is 0 Å². The van der Waals surface area contributed by atoms with Crippen molar-refractivity contribution in [3.05, 3.63) is 57.6 Å². The molecule has 2 rings (SSSR count). The second kappa shape index (κ2) is 6.99. The molecular weight excluding hydrogens is 312 g/mol. The Balaban J connectivity index is 2.53. The van der Waals surface area contributed by atoms with Gasteiger partial charge in [0.25, 0.3) is 11.6 Å². The van der Waals surface area contributed by atoms with Crippen LogP contribution in [0.4, 0.5) is 11.4 Å². The normalized spacial score (nSPS) is 10.2. The Morgan fingerprint density at radius 2 is 1.75 bits per heavy atom. The molecule has 0 heterocycles. The van der Waals surface area contributed by atoms with Gasteiger partial charge in [-0.1, -0.05) is 12.1 Å². The van der Waals surface area contributed by atoms with Gasteiger partial charge in [0, 0.05) is 18.8 Å². The van der Waals surface area contributed by atoms with Crippen molar-refractivity contribution in [3.8, 4) is 11.5 Å². The Morgan fingerprint density at radius 1 is 1.12 bits per heavy atom. The lowest BCUT2D eigenvalue weighted by Crippen LogP contribution is -2.27. The molecule has 0 spiro atoms. The minimum Gasteiger partial charge on any atom is -0.493 e. The summed E-state index contributed by atoms with van der Waals surface area (Å²) in [5.41, 5.74) is 1.22. The number of benzene rings is 2. The summed E-state index contributed by atoms with van der Waals surface area (Å²) < 4.78 is 10.2. The van der Waals surface area contributed by atoms with Gasteiger partial charge < -0.3 is 14.4 Å². The first-order chi connectivity index (χ1) is 11.4. The van der Waals surface area contributed by atoms with E-state index in [9.17, 15) is 14.9 Å². The largest absolute Gasteiger partial charge is 0.493 e. The first kappa shape index (κ1) is 17.3. The average molecular weight is 330 g/mol. The van der Waals surface area contributed by atoms with Crippen molar-refractivity contribution in [1.29, 1.82) is 0 Å². The van der Waals surface area contributed by atoms with Crippen LogP contribution in [0.5, 0.6) is 11.5 Å². The first-order valence-electron chi connectivity index (χ1n) is 7.14. The zero-order valence-corrected chi connectivity index (χ0v) is 13.9. The van der Waals surface area contributed by atoms with Gasteiger partial charge in [-0.3, -0.25) is 14.9 Å². The molecule has 126 valence electrons. The lowest BCUT2D eigenvalue weighted by Gasteiger charge is -2.18. The number of hydrogen-bond acceptors (Lipinski definition) is 5. The Labute approximate surface area is 139 Å². The van der Waals surface area contributed by atoms with E-state index in [0.717, 1.165) is 5.56 Å². The standard InChI is InChI=1S/C17H18N2O5/c1-11-6-5-7-12(8-11)18(2)17(20)13-9-15(23-3)16(24-4)10-14(13)19(21)22/h5-10H,1-4H3. The number of nitro groups is 1. The van der Waals surface area contributed by atoms with Crippen molar-refractivity contribution in [1.82, 2.24) is 0 Å². The van der Waals surface area contributed by atoms with Crippen LogP contribution in [0, 0.1) is 17.0 Å². The van der Waals surface area contributed by atoms with Crippen molar-refractivity contribution >= 4 is 17.3 Å². The number of rotatable bonds is 5. The number of carbonyl (C=O) groups excluding carboxylic acids is 1. The fourth-order valence-electron chi connectivity index (χ4n) is 2.33. The van der Waals surface area contributed by atoms with Gasteiger partial charge in [-0.05, 0) is 24.6 Å². The Bertz CT molecular complexity index is 789. The zero-order chi connectivity index (χ0) is 17.9. The summed E-state index contributed by atoms with van der Waals surface area (Å²) in [6.45, 7) is 1.90. The van der Waals surface area contributed by atoms with E-state index in [1.807, 2.05) is 25.1 Å². The lowest BCUT2D eigenvalue weighted by atomic mass is 10.1. The molecule has 7 heteroatoms. The number of aryl methyl sites for hydroxylation is 1. The minimum absolute atomic E-state index is 0.0679. The molecule has 0 aliphatic rings. The fraction of sp³-hybridized carbons (Fsp3) is 0.235. The van der Waals surface area contributed by atoms with E-state index in [-0.39, 0.29) is 22.7 Å². The van der Waals surface area contributed by atoms with E-state index < -0.39 is 10.8 Å². The summed E-state index contributed by atoms with van der Waals surface area (Å²) >= 11 is 0. The van der Waals surface area contributed by atoms with Crippen LogP contribution in [-0.2, 0) is 0 Å². The van der Waals surface area contributed by atoms with Crippen molar-refractivity contribution in [2.75, 3.05) is 26.2 Å². The van der Waals surface area contributed by atoms with Crippen LogP contribution < -0.4 is 14.4 Å². The number of hydrogen-bond donors (Lipinski definition) is 0. The number of carbonyl (C=O) groups is 1. The zero-order valence-electron chi connectivity index (χ0n) is 13.9. The van der Waals surface area contributed by atoms with Gasteiger partial charge in [-0.2, -0.15) is 0 Å². The second-order valence-corrected chi connectivity index (χ2v) is 5.18. The van der Waals surface area contributed by atoms with E-state index >= 15 is 0 Å². The topological polar surface area (TPSA) is 81.9 Å². The van der Waals surface area contributed by atoms with Crippen molar-refractivity contribution in [3.63, 3.8) is 0 Å². The van der Waals surface area contributed by atoms with Gasteiger partial charge >= 0.3 is 0 Å². The van der Waals surface area contributed by atoms with Gasteiger partial charge in [0.2, 0.25) is 0 Å². The molecule has 0 aliphatic carbocycles. The molecular formula is C17H18N2O5. The SMILES string of the molecule is COc1cc(C(=O)N(C)c2cccc(C)c2)c([N+](=O)[O-])cc1OC. The van der Waals surface area contributed by atoms with E-state index in [0.29, 0.717) is 5.69 Å². The van der Waals surface area contributed by atoms with E-state index in [1.54, 1.807) is 13.1 Å². The number of ether oxygens (including phenoxy) is 2. The lowest BCUT2D eigenvalue weighted by molar-refractivity contribution is -0.385. The molecule has 0 saturated heterocycles. The highest BCUT2D eigenvalue weighted by molar-refractivity contribution is 6.08. The summed E-state index contributed by atoms with van der Waals surface area (Å²) in [5, 5.41) is 11.3. The Hall–Kier alpha value is -3.09. The molecule has 24 heavy (non-hydrogen) atoms. The quantitative estimate of drug-likeness (QED) is 0.621. The third-order valence-corrected chi connectivity index (χ3v) is 3.62. The predicted octanol–water partition coefficient (Wildman–Crippen LogP) is 3.20. The van der Waals surface area contributed by atoms with Gasteiger partial charge in [-0.15, -0.1) is 0 Å². The summed E-state index contributed by atoms with van der Waals surface area (Å²) in [4.78, 5) is 24.9. The summed E-state index contributed by atoms with van der Waals surface area (Å²) in [7, 11) is 4.35. The molecule has 7 nitrogen and oxygen atoms in total. The Morgan fingerprint density at radius 3 is 2.29 bits per heavy atom. The summed E-state index contributed by atoms with van der Waals surface area (Å²) in [6, 6.07) is 9.82. The van der Waals surface area contributed by atoms with Crippen LogP contribution in [0.3, 0.4) is 0 Å². The third-order valence-electron chi connectivity index (χ3n) is 3.62. The maximum Gasteiger partial charge on any atom is 0.286 e. The highest BCUT2D eigenvalue weighted by Gasteiger charge is 2.27. The van der Waals surface area contributed by atoms with E-state index in [1.165, 1.54) is 31.3 Å². The van der Waals surface area contributed by atoms with Crippen molar-refractivity contribution in [2.45, 2.75) is 6.92 Å². The van der Waals surface area contributed by atoms with Crippen LogP contribution in [-0.4, -0.2) is 32.1 Å². The van der Waals surface area contributed by atoms with Crippen molar-refractivity contribution < 1.29 is 19.2 Å². The number of methoxy groups -OCH3 is 2. The summed E-state index contributed by atoms with van der Waals surface area (Å²) in [6.07, 6.45) is 0. The molecule has 1 amide bonds. The predicted molar refractivity (Wildman–Crippen MR) is 90.1 cm³/mol. The van der Waals surface area contributed by atoms with Gasteiger partial charge in [0.1, 0.15) is 5.56 Å². The molecule has 0 fully saturated rings. The highest BCUT2D eigenvalue weighted by atomic mass is 16.6. The third kappa shape index (κ3) is 3.29. The molecule has 2 aromatic rings. The number of amides is 1. The number of nitrogens with zero attached hydrogens (tertiary/aromatic N) is 2. The number of anilines is 1. The highest BCUT2D eigenvalue weighted by Crippen LogP contribution is 2.35. The molecule has 0 radical (unpaired) electrons. The molecule has 2 aromatic carbocycles. The molecule has 0 saturated carbocycles. The van der Waals surface area contributed by atoms with Gasteiger partial charge in [0.05, 0.1) is 25.2 Å². The molecule has 0 N–H and O–H groups in total. The maximum atomic E-state index is 12.8. The van der Waals surface area contributed by atoms with Gasteiger partial charge in [-0.25, -0.2) is 0 Å². The minimum atomic E-state index is -0.612. The van der Waals surface area contributed by atoms with Crippen LogP contribution in [0.2, 0.25) is 0 Å². The van der Waals surface area contributed by atoms with E-state index in [4.69, 9.17) is 9.47 Å². The molecule has 0 aliphatic heterocycles. The van der Waals surface area contributed by atoms with E-state index in [2.05, 4.69) is 0 Å². The molecule has 0 atom stereocenters. The van der Waals surface area contributed by atoms with Crippen LogP contribution in [0.1, 0.15) is 15.9 Å². The molecule has 0 aromatic heterocycles. The molecule has 0 bridgehead atoms. The van der Waals surface area contributed by atoms with Crippen LogP contribution >= 0.6 is 0 Å². The average Bonchev–Trinajstić information content (AvgIpc) is 2.59. The first-order valence-corrected chi connectivity index (χ1v) is 7.14. The summed E-state index contributed by atoms with van der Waals surface area (Å²) in [5.74, 6) is -0.0590. The number of nitro benzene ring substituents is 1. The van der Waals surface area contributed by atoms with Gasteiger partial charge in [0.15, 0.2) is 11.5 Å². The monoisotopic (exact) mass is 330 g/mol. The Kier molecular flexibility index (Phi) is 5.03. The molecule has 0 unspecified atom stereocenters. The smallest absolute Gasteiger partial charge is 0.286 e. The fourth-order valence-corrected chi connectivity index (χ4v) is 2.33. The van der Waals surface area contributed by atoms with Crippen LogP contribution in [0.15, 0.2) is 36.4 Å². The maximum absolute atomic E-state index is 12.8. The second-order valence-electron chi connectivity index (χ2n) is 5.18.